The van der Waals surface area contributed by atoms with E-state index in [4.69, 9.17) is 52.1 Å². The van der Waals surface area contributed by atoms with Gasteiger partial charge in [-0.15, -0.1) is 0 Å². The first-order valence-electron chi connectivity index (χ1n) is 27.9. The molecule has 11 rings (SSSR count). The summed E-state index contributed by atoms with van der Waals surface area (Å²) >= 11 is 0. The van der Waals surface area contributed by atoms with Crippen LogP contribution in [0.25, 0.3) is 0 Å². The van der Waals surface area contributed by atoms with Crippen LogP contribution in [-0.4, -0.2) is 85.7 Å². The van der Waals surface area contributed by atoms with Gasteiger partial charge in [0.1, 0.15) is 54.9 Å². The molecule has 1 spiro atoms. The molecule has 4 fully saturated rings. The van der Waals surface area contributed by atoms with Gasteiger partial charge < -0.3 is 52.1 Å². The molecule has 12 heteroatoms. The second-order valence-corrected chi connectivity index (χ2v) is 20.8. The monoisotopic (exact) mass is 1070 g/mol. The Morgan fingerprint density at radius 2 is 0.747 bits per heavy atom. The number of carbonyl (C=O) groups excluding carboxylic acids is 1. The molecule has 2 aliphatic carbocycles. The highest BCUT2D eigenvalue weighted by molar-refractivity contribution is 5.89. The molecule has 2 saturated heterocycles. The van der Waals surface area contributed by atoms with Gasteiger partial charge in [-0.25, -0.2) is 4.79 Å². The molecule has 7 aromatic rings. The van der Waals surface area contributed by atoms with Crippen LogP contribution in [0.5, 0.6) is 0 Å². The molecule has 7 aromatic carbocycles. The Labute approximate surface area is 463 Å². The molecule has 410 valence electrons. The lowest BCUT2D eigenvalue weighted by molar-refractivity contribution is -0.350. The number of rotatable bonds is 23. The topological polar surface area (TPSA) is 119 Å². The first-order valence-corrected chi connectivity index (χ1v) is 27.9. The van der Waals surface area contributed by atoms with Crippen molar-refractivity contribution in [1.29, 1.82) is 0 Å². The SMILES string of the molecule is O=C(O[C@@H]1[C@@H](O[C@@H]2[C@@H](OCc3ccccc3)[C@H](OCc3ccccc3)[C@@H](OCc3ccccc3)[C@H]3OC4(CCCCC4)O[C@@H]23)O[C@H](COCc2ccccc2)[C@@H](OCc2ccccc2)[C@@H]1OCc1ccccc1)c1ccccc1. The van der Waals surface area contributed by atoms with E-state index in [1.807, 2.05) is 176 Å². The van der Waals surface area contributed by atoms with E-state index in [9.17, 15) is 4.79 Å². The summed E-state index contributed by atoms with van der Waals surface area (Å²) < 4.78 is 78.6. The predicted molar refractivity (Wildman–Crippen MR) is 296 cm³/mol. The summed E-state index contributed by atoms with van der Waals surface area (Å²) in [5.41, 5.74) is 6.11. The van der Waals surface area contributed by atoms with E-state index < -0.39 is 79.1 Å². The lowest BCUT2D eigenvalue weighted by Gasteiger charge is -2.50. The third kappa shape index (κ3) is 14.1. The summed E-state index contributed by atoms with van der Waals surface area (Å²) in [6.45, 7) is 1.48. The molecule has 2 heterocycles. The van der Waals surface area contributed by atoms with Crippen LogP contribution in [-0.2, 0) is 91.7 Å². The zero-order chi connectivity index (χ0) is 53.5. The van der Waals surface area contributed by atoms with Crippen LogP contribution in [0.4, 0.5) is 0 Å². The Morgan fingerprint density at radius 1 is 0.392 bits per heavy atom. The molecular formula is C67H70O12. The average Bonchev–Trinajstić information content (AvgIpc) is 4.16. The maximum absolute atomic E-state index is 14.7. The van der Waals surface area contributed by atoms with Crippen molar-refractivity contribution in [2.24, 2.45) is 0 Å². The van der Waals surface area contributed by atoms with Gasteiger partial charge in [-0.1, -0.05) is 207 Å². The molecule has 0 bridgehead atoms. The normalized spacial score (nSPS) is 26.3. The molecule has 0 aromatic heterocycles. The van der Waals surface area contributed by atoms with E-state index in [2.05, 4.69) is 12.1 Å². The minimum absolute atomic E-state index is 0.0738. The number of esters is 1. The highest BCUT2D eigenvalue weighted by Gasteiger charge is 2.64. The van der Waals surface area contributed by atoms with Crippen LogP contribution < -0.4 is 0 Å². The van der Waals surface area contributed by atoms with E-state index in [0.717, 1.165) is 52.6 Å². The second-order valence-electron chi connectivity index (χ2n) is 20.8. The van der Waals surface area contributed by atoms with Gasteiger partial charge in [0.25, 0.3) is 0 Å². The van der Waals surface area contributed by atoms with Gasteiger partial charge >= 0.3 is 5.97 Å². The van der Waals surface area contributed by atoms with E-state index in [-0.39, 0.29) is 39.6 Å². The summed E-state index contributed by atoms with van der Waals surface area (Å²) in [5, 5.41) is 0. The second kappa shape index (κ2) is 27.2. The molecule has 0 unspecified atom stereocenters. The Hall–Kier alpha value is -6.39. The molecule has 79 heavy (non-hydrogen) atoms. The summed E-state index contributed by atoms with van der Waals surface area (Å²) in [6, 6.07) is 68.9. The number of ether oxygens (including phenoxy) is 11. The van der Waals surface area contributed by atoms with Crippen molar-refractivity contribution in [3.05, 3.63) is 251 Å². The highest BCUT2D eigenvalue weighted by Crippen LogP contribution is 2.48. The van der Waals surface area contributed by atoms with Crippen molar-refractivity contribution < 1.29 is 56.9 Å². The lowest BCUT2D eigenvalue weighted by atomic mass is 9.83. The smallest absolute Gasteiger partial charge is 0.338 e. The summed E-state index contributed by atoms with van der Waals surface area (Å²) in [6.07, 6.45) is -5.61. The van der Waals surface area contributed by atoms with Crippen LogP contribution in [0, 0.1) is 0 Å². The average molecular weight is 1070 g/mol. The van der Waals surface area contributed by atoms with E-state index in [0.29, 0.717) is 25.0 Å². The van der Waals surface area contributed by atoms with E-state index in [1.165, 1.54) is 0 Å². The number of benzene rings is 7. The Balaban J connectivity index is 1.02. The minimum Gasteiger partial charge on any atom is -0.450 e. The summed E-state index contributed by atoms with van der Waals surface area (Å²) in [7, 11) is 0. The fraction of sp³-hybridized carbons (Fsp3) is 0.358. The van der Waals surface area contributed by atoms with Crippen molar-refractivity contribution in [3.63, 3.8) is 0 Å². The van der Waals surface area contributed by atoms with Crippen LogP contribution in [0.3, 0.4) is 0 Å². The Morgan fingerprint density at radius 3 is 1.19 bits per heavy atom. The minimum atomic E-state index is -1.31. The quantitative estimate of drug-likeness (QED) is 0.0568. The number of carbonyl (C=O) groups is 1. The van der Waals surface area contributed by atoms with E-state index in [1.54, 1.807) is 24.3 Å². The van der Waals surface area contributed by atoms with Crippen LogP contribution in [0.15, 0.2) is 212 Å². The molecule has 4 aliphatic rings. The van der Waals surface area contributed by atoms with Crippen molar-refractivity contribution in [2.75, 3.05) is 6.61 Å². The molecule has 12 nitrogen and oxygen atoms in total. The van der Waals surface area contributed by atoms with Gasteiger partial charge in [0, 0.05) is 12.8 Å². The third-order valence-corrected chi connectivity index (χ3v) is 15.2. The number of fused-ring (bicyclic) bond motifs is 1. The lowest BCUT2D eigenvalue weighted by Crippen LogP contribution is -2.68. The largest absolute Gasteiger partial charge is 0.450 e. The molecular weight excluding hydrogens is 997 g/mol. The summed E-state index contributed by atoms with van der Waals surface area (Å²) in [5.74, 6) is -1.50. The molecule has 2 saturated carbocycles. The predicted octanol–water partition coefficient (Wildman–Crippen LogP) is 11.9. The zero-order valence-corrected chi connectivity index (χ0v) is 44.4. The highest BCUT2D eigenvalue weighted by atomic mass is 16.8. The van der Waals surface area contributed by atoms with Crippen molar-refractivity contribution in [3.8, 4) is 0 Å². The first kappa shape index (κ1) is 54.6. The van der Waals surface area contributed by atoms with Gasteiger partial charge in [-0.2, -0.15) is 0 Å². The molecule has 0 N–H and O–H groups in total. The van der Waals surface area contributed by atoms with Crippen molar-refractivity contribution >= 4 is 5.97 Å². The van der Waals surface area contributed by atoms with Crippen molar-refractivity contribution in [1.82, 2.24) is 0 Å². The number of hydrogen-bond donors (Lipinski definition) is 0. The first-order chi connectivity index (χ1) is 39.0. The molecule has 2 aliphatic heterocycles. The van der Waals surface area contributed by atoms with Crippen molar-refractivity contribution in [2.45, 2.75) is 145 Å². The fourth-order valence-corrected chi connectivity index (χ4v) is 11.2. The Bertz CT molecular complexity index is 2880. The fourth-order valence-electron chi connectivity index (χ4n) is 11.2. The van der Waals surface area contributed by atoms with Crippen LogP contribution >= 0.6 is 0 Å². The number of hydrogen-bond acceptors (Lipinski definition) is 12. The van der Waals surface area contributed by atoms with Gasteiger partial charge in [-0.05, 0) is 58.4 Å². The molecule has 11 atom stereocenters. The van der Waals surface area contributed by atoms with Gasteiger partial charge in [0.15, 0.2) is 18.2 Å². The third-order valence-electron chi connectivity index (χ3n) is 15.2. The standard InChI is InChI=1S/C67H70O12/c68-65(54-37-21-7-22-38-54)76-64-57(71-43-50-29-13-3-14-30-50)56(70-42-49-27-11-2-12-28-49)55(47-69-41-48-25-9-1-10-26-48)75-66(64)77-61-59(73-45-52-33-17-5-18-34-52)58(72-44-51-31-15-4-16-32-51)60(74-46-53-35-19-6-20-36-53)62-63(61)79-67(78-62)39-23-8-24-40-67/h1-7,9-22,25-38,55-64,66H,8,23-24,39-47H2/t55-,56-,57+,58+,59+,60-,61-,62-,63+,64+,66-/m1/s1. The molecule has 0 amide bonds. The maximum atomic E-state index is 14.7. The molecule has 0 radical (unpaired) electrons. The zero-order valence-electron chi connectivity index (χ0n) is 44.4. The van der Waals surface area contributed by atoms with E-state index >= 15 is 0 Å². The Kier molecular flexibility index (Phi) is 18.8. The van der Waals surface area contributed by atoms with Gasteiger partial charge in [-0.3, -0.25) is 0 Å². The van der Waals surface area contributed by atoms with Crippen LogP contribution in [0.1, 0.15) is 75.8 Å². The maximum Gasteiger partial charge on any atom is 0.338 e. The van der Waals surface area contributed by atoms with Crippen LogP contribution in [0.2, 0.25) is 0 Å². The van der Waals surface area contributed by atoms with Gasteiger partial charge in [0.2, 0.25) is 0 Å². The summed E-state index contributed by atoms with van der Waals surface area (Å²) in [4.78, 5) is 14.7. The van der Waals surface area contributed by atoms with Gasteiger partial charge in [0.05, 0.1) is 51.8 Å².